The number of anilines is 1. The highest BCUT2D eigenvalue weighted by atomic mass is 16.5. The van der Waals surface area contributed by atoms with Crippen molar-refractivity contribution in [2.75, 3.05) is 11.9 Å². The lowest BCUT2D eigenvalue weighted by atomic mass is 10.2. The Hall–Kier alpha value is -3.75. The second-order valence-corrected chi connectivity index (χ2v) is 4.97. The molecule has 25 heavy (non-hydrogen) atoms. The number of carbonyl (C=O) groups excluding carboxylic acids is 1. The molecule has 0 radical (unpaired) electrons. The summed E-state index contributed by atoms with van der Waals surface area (Å²) in [7, 11) is 0. The third-order valence-corrected chi connectivity index (χ3v) is 3.22. The van der Waals surface area contributed by atoms with Gasteiger partial charge in [-0.1, -0.05) is 6.07 Å². The number of carbonyl (C=O) groups is 2. The third-order valence-electron chi connectivity index (χ3n) is 3.22. The Kier molecular flexibility index (Phi) is 4.65. The van der Waals surface area contributed by atoms with Crippen molar-refractivity contribution in [3.05, 3.63) is 60.4 Å². The molecule has 126 valence electrons. The van der Waals surface area contributed by atoms with E-state index in [4.69, 9.17) is 9.84 Å². The first-order chi connectivity index (χ1) is 12.1. The zero-order valence-electron chi connectivity index (χ0n) is 12.9. The van der Waals surface area contributed by atoms with Crippen molar-refractivity contribution in [2.45, 2.75) is 0 Å². The standard InChI is InChI=1S/C16H13N5O4/c22-15(18-12-6-4-11(5-7-12)16(23)24)9-25-14-3-1-2-13(8-14)21-10-17-19-20-21/h1-8,10H,9H2,(H,18,22)(H,23,24). The fourth-order valence-electron chi connectivity index (χ4n) is 2.04. The number of carboxylic acids is 1. The molecular formula is C16H13N5O4. The summed E-state index contributed by atoms with van der Waals surface area (Å²) in [6, 6.07) is 12.8. The number of nitrogens with zero attached hydrogens (tertiary/aromatic N) is 4. The molecule has 0 fully saturated rings. The van der Waals surface area contributed by atoms with E-state index >= 15 is 0 Å². The monoisotopic (exact) mass is 339 g/mol. The molecule has 1 amide bonds. The van der Waals surface area contributed by atoms with Gasteiger partial charge in [0.1, 0.15) is 12.1 Å². The van der Waals surface area contributed by atoms with Gasteiger partial charge in [0.15, 0.2) is 6.61 Å². The molecule has 9 nitrogen and oxygen atoms in total. The minimum Gasteiger partial charge on any atom is -0.484 e. The normalized spacial score (nSPS) is 10.2. The molecule has 1 heterocycles. The average Bonchev–Trinajstić information content (AvgIpc) is 3.15. The van der Waals surface area contributed by atoms with Crippen molar-refractivity contribution in [3.63, 3.8) is 0 Å². The quantitative estimate of drug-likeness (QED) is 0.696. The van der Waals surface area contributed by atoms with Gasteiger partial charge >= 0.3 is 5.97 Å². The molecule has 0 aliphatic rings. The topological polar surface area (TPSA) is 119 Å². The number of rotatable bonds is 6. The summed E-state index contributed by atoms with van der Waals surface area (Å²) in [5.74, 6) is -0.899. The predicted molar refractivity (Wildman–Crippen MR) is 86.7 cm³/mol. The number of aromatic carboxylic acids is 1. The Morgan fingerprint density at radius 1 is 1.16 bits per heavy atom. The summed E-state index contributed by atoms with van der Waals surface area (Å²) in [5.41, 5.74) is 1.34. The van der Waals surface area contributed by atoms with Crippen LogP contribution in [0.4, 0.5) is 5.69 Å². The number of hydrogen-bond donors (Lipinski definition) is 2. The summed E-state index contributed by atoms with van der Waals surface area (Å²) in [6.07, 6.45) is 1.45. The Morgan fingerprint density at radius 3 is 2.64 bits per heavy atom. The van der Waals surface area contributed by atoms with Crippen LogP contribution in [0.5, 0.6) is 5.75 Å². The highest BCUT2D eigenvalue weighted by Gasteiger charge is 2.07. The van der Waals surface area contributed by atoms with E-state index in [0.717, 1.165) is 0 Å². The molecule has 0 unspecified atom stereocenters. The molecule has 9 heteroatoms. The zero-order chi connectivity index (χ0) is 17.6. The molecular weight excluding hydrogens is 326 g/mol. The van der Waals surface area contributed by atoms with Crippen LogP contribution in [0.1, 0.15) is 10.4 Å². The average molecular weight is 339 g/mol. The van der Waals surface area contributed by atoms with Crippen molar-refractivity contribution >= 4 is 17.6 Å². The number of ether oxygens (including phenoxy) is 1. The van der Waals surface area contributed by atoms with E-state index in [-0.39, 0.29) is 18.1 Å². The van der Waals surface area contributed by atoms with Crippen LogP contribution in [0.25, 0.3) is 5.69 Å². The van der Waals surface area contributed by atoms with E-state index in [9.17, 15) is 9.59 Å². The lowest BCUT2D eigenvalue weighted by molar-refractivity contribution is -0.118. The summed E-state index contributed by atoms with van der Waals surface area (Å²) in [4.78, 5) is 22.7. The van der Waals surface area contributed by atoms with Gasteiger partial charge < -0.3 is 15.2 Å². The van der Waals surface area contributed by atoms with Gasteiger partial charge in [0.05, 0.1) is 11.3 Å². The Morgan fingerprint density at radius 2 is 1.96 bits per heavy atom. The Balaban J connectivity index is 1.57. The van der Waals surface area contributed by atoms with Crippen molar-refractivity contribution in [2.24, 2.45) is 0 Å². The first-order valence-electron chi connectivity index (χ1n) is 7.21. The van der Waals surface area contributed by atoms with Crippen molar-refractivity contribution in [1.82, 2.24) is 20.2 Å². The van der Waals surface area contributed by atoms with Crippen LogP contribution in [0.3, 0.4) is 0 Å². The summed E-state index contributed by atoms with van der Waals surface area (Å²) in [6.45, 7) is -0.195. The van der Waals surface area contributed by atoms with E-state index in [0.29, 0.717) is 17.1 Å². The van der Waals surface area contributed by atoms with Gasteiger partial charge in [-0.15, -0.1) is 5.10 Å². The van der Waals surface area contributed by atoms with Gasteiger partial charge in [0.2, 0.25) is 0 Å². The number of benzene rings is 2. The lowest BCUT2D eigenvalue weighted by Crippen LogP contribution is -2.20. The molecule has 1 aromatic heterocycles. The maximum atomic E-state index is 11.9. The van der Waals surface area contributed by atoms with Gasteiger partial charge in [-0.3, -0.25) is 4.79 Å². The van der Waals surface area contributed by atoms with Crippen molar-refractivity contribution < 1.29 is 19.4 Å². The third kappa shape index (κ3) is 4.16. The van der Waals surface area contributed by atoms with Crippen LogP contribution in [0, 0.1) is 0 Å². The molecule has 3 rings (SSSR count). The fourth-order valence-corrected chi connectivity index (χ4v) is 2.04. The molecule has 0 spiro atoms. The molecule has 0 bridgehead atoms. The SMILES string of the molecule is O=C(COc1cccc(-n2cnnn2)c1)Nc1ccc(C(=O)O)cc1. The number of tetrazole rings is 1. The Bertz CT molecular complexity index is 878. The number of aromatic nitrogens is 4. The largest absolute Gasteiger partial charge is 0.484 e. The summed E-state index contributed by atoms with van der Waals surface area (Å²) < 4.78 is 6.92. The van der Waals surface area contributed by atoms with Crippen LogP contribution in [-0.4, -0.2) is 43.8 Å². The Labute approximate surface area is 141 Å². The van der Waals surface area contributed by atoms with Gasteiger partial charge in [-0.2, -0.15) is 0 Å². The van der Waals surface area contributed by atoms with Crippen molar-refractivity contribution in [3.8, 4) is 11.4 Å². The highest BCUT2D eigenvalue weighted by molar-refractivity contribution is 5.93. The molecule has 0 aliphatic heterocycles. The van der Waals surface area contributed by atoms with E-state index in [2.05, 4.69) is 20.8 Å². The number of nitrogens with one attached hydrogen (secondary N) is 1. The van der Waals surface area contributed by atoms with Crippen LogP contribution in [0.2, 0.25) is 0 Å². The van der Waals surface area contributed by atoms with E-state index < -0.39 is 5.97 Å². The number of carboxylic acid groups (broad SMARTS) is 1. The minimum absolute atomic E-state index is 0.147. The van der Waals surface area contributed by atoms with Crippen LogP contribution in [0.15, 0.2) is 54.9 Å². The zero-order valence-corrected chi connectivity index (χ0v) is 12.9. The molecule has 0 aliphatic carbocycles. The number of hydrogen-bond acceptors (Lipinski definition) is 6. The van der Waals surface area contributed by atoms with Crippen LogP contribution in [-0.2, 0) is 4.79 Å². The summed E-state index contributed by atoms with van der Waals surface area (Å²) in [5, 5.41) is 22.4. The predicted octanol–water partition coefficient (Wildman–Crippen LogP) is 1.38. The van der Waals surface area contributed by atoms with E-state index in [1.54, 1.807) is 24.3 Å². The van der Waals surface area contributed by atoms with Gasteiger partial charge in [0.25, 0.3) is 5.91 Å². The van der Waals surface area contributed by atoms with Gasteiger partial charge in [-0.05, 0) is 46.8 Å². The molecule has 2 aromatic carbocycles. The lowest BCUT2D eigenvalue weighted by Gasteiger charge is -2.09. The van der Waals surface area contributed by atoms with E-state index in [1.807, 2.05) is 0 Å². The first-order valence-corrected chi connectivity index (χ1v) is 7.21. The van der Waals surface area contributed by atoms with E-state index in [1.165, 1.54) is 35.3 Å². The molecule has 2 N–H and O–H groups in total. The van der Waals surface area contributed by atoms with Gasteiger partial charge in [0, 0.05) is 11.8 Å². The molecule has 3 aromatic rings. The summed E-state index contributed by atoms with van der Waals surface area (Å²) >= 11 is 0. The number of amides is 1. The van der Waals surface area contributed by atoms with Crippen LogP contribution < -0.4 is 10.1 Å². The van der Waals surface area contributed by atoms with Crippen molar-refractivity contribution in [1.29, 1.82) is 0 Å². The van der Waals surface area contributed by atoms with Gasteiger partial charge in [-0.25, -0.2) is 9.48 Å². The second-order valence-electron chi connectivity index (χ2n) is 4.97. The minimum atomic E-state index is -1.02. The molecule has 0 saturated carbocycles. The molecule has 0 saturated heterocycles. The molecule has 0 atom stereocenters. The second kappa shape index (κ2) is 7.21. The maximum Gasteiger partial charge on any atom is 0.335 e. The van der Waals surface area contributed by atoms with Crippen LogP contribution >= 0.6 is 0 Å². The first kappa shape index (κ1) is 16.1. The fraction of sp³-hybridized carbons (Fsp3) is 0.0625. The maximum absolute atomic E-state index is 11.9. The smallest absolute Gasteiger partial charge is 0.335 e. The highest BCUT2D eigenvalue weighted by Crippen LogP contribution is 2.16.